The number of unbranched alkanes of at least 4 members (excludes halogenated alkanes) is 12. The summed E-state index contributed by atoms with van der Waals surface area (Å²) < 4.78 is 21.4. The van der Waals surface area contributed by atoms with Gasteiger partial charge in [-0.3, -0.25) is 4.57 Å². The van der Waals surface area contributed by atoms with Gasteiger partial charge in [0.05, 0.1) is 13.2 Å². The molecule has 0 saturated heterocycles. The number of hydrogen-bond acceptors (Lipinski definition) is 4. The third kappa shape index (κ3) is 18.3. The lowest BCUT2D eigenvalue weighted by atomic mass is 10.1. The fourth-order valence-electron chi connectivity index (χ4n) is 2.51. The van der Waals surface area contributed by atoms with Crippen LogP contribution in [0, 0.1) is 0 Å². The molecule has 0 aromatic carbocycles. The number of phosphoric ester groups is 1. The lowest BCUT2D eigenvalue weighted by Crippen LogP contribution is -2.10. The van der Waals surface area contributed by atoms with Gasteiger partial charge in [-0.1, -0.05) is 90.9 Å². The average Bonchev–Trinajstić information content (AvgIpc) is 2.52. The Morgan fingerprint density at radius 2 is 0.913 bits per heavy atom. The molecule has 0 aromatic heterocycles. The minimum absolute atomic E-state index is 0.256. The Bertz CT molecular complexity index is 260. The molecule has 0 N–H and O–H groups in total. The summed E-state index contributed by atoms with van der Waals surface area (Å²) in [5, 5.41) is 0. The highest BCUT2D eigenvalue weighted by atomic mass is 31.2. The second-order valence-electron chi connectivity index (χ2n) is 6.36. The van der Waals surface area contributed by atoms with Crippen LogP contribution >= 0.6 is 7.82 Å². The summed E-state index contributed by atoms with van der Waals surface area (Å²) in [5.74, 6) is 0. The van der Waals surface area contributed by atoms with Gasteiger partial charge in [-0.15, -0.1) is 0 Å². The first kappa shape index (κ1) is 23.1. The average molecular weight is 349 g/mol. The second-order valence-corrected chi connectivity index (χ2v) is 7.77. The van der Waals surface area contributed by atoms with Gasteiger partial charge in [0.1, 0.15) is 0 Å². The van der Waals surface area contributed by atoms with E-state index in [0.29, 0.717) is 0 Å². The van der Waals surface area contributed by atoms with E-state index in [9.17, 15) is 9.46 Å². The van der Waals surface area contributed by atoms with E-state index in [1.54, 1.807) is 0 Å². The van der Waals surface area contributed by atoms with E-state index < -0.39 is 7.82 Å². The monoisotopic (exact) mass is 349 g/mol. The van der Waals surface area contributed by atoms with Crippen molar-refractivity contribution in [2.24, 2.45) is 0 Å². The van der Waals surface area contributed by atoms with Crippen molar-refractivity contribution in [3.63, 3.8) is 0 Å². The summed E-state index contributed by atoms with van der Waals surface area (Å²) in [6.45, 7) is 4.91. The fourth-order valence-corrected chi connectivity index (χ4v) is 3.29. The first-order chi connectivity index (χ1) is 11.1. The molecule has 0 aliphatic heterocycles. The van der Waals surface area contributed by atoms with E-state index in [1.165, 1.54) is 51.4 Å². The van der Waals surface area contributed by atoms with Crippen molar-refractivity contribution in [2.45, 2.75) is 104 Å². The Balaban J connectivity index is 3.35. The molecule has 0 atom stereocenters. The summed E-state index contributed by atoms with van der Waals surface area (Å²) in [7, 11) is -4.07. The van der Waals surface area contributed by atoms with Crippen molar-refractivity contribution < 1.29 is 18.5 Å². The van der Waals surface area contributed by atoms with Crippen LogP contribution in [0.25, 0.3) is 0 Å². The van der Waals surface area contributed by atoms with Crippen LogP contribution in [-0.2, 0) is 13.6 Å². The molecule has 0 spiro atoms. The van der Waals surface area contributed by atoms with Crippen LogP contribution in [0.3, 0.4) is 0 Å². The highest BCUT2D eigenvalue weighted by molar-refractivity contribution is 7.45. The molecule has 0 amide bonds. The Labute approximate surface area is 144 Å². The maximum Gasteiger partial charge on any atom is 0.267 e. The Morgan fingerprint density at radius 1 is 0.609 bits per heavy atom. The molecule has 0 aromatic rings. The van der Waals surface area contributed by atoms with Gasteiger partial charge >= 0.3 is 0 Å². The van der Waals surface area contributed by atoms with Crippen molar-refractivity contribution in [3.05, 3.63) is 0 Å². The minimum Gasteiger partial charge on any atom is -0.756 e. The Kier molecular flexibility index (Phi) is 17.0. The molecular weight excluding hydrogens is 311 g/mol. The van der Waals surface area contributed by atoms with Crippen LogP contribution in [0.1, 0.15) is 104 Å². The Hall–Kier alpha value is 0.110. The van der Waals surface area contributed by atoms with Gasteiger partial charge in [0.2, 0.25) is 0 Å². The van der Waals surface area contributed by atoms with E-state index >= 15 is 0 Å². The van der Waals surface area contributed by atoms with Crippen molar-refractivity contribution in [1.29, 1.82) is 0 Å². The molecule has 5 heteroatoms. The first-order valence-electron chi connectivity index (χ1n) is 9.72. The summed E-state index contributed by atoms with van der Waals surface area (Å²) in [6.07, 6.45) is 16.1. The van der Waals surface area contributed by atoms with E-state index in [1.807, 2.05) is 0 Å². The van der Waals surface area contributed by atoms with Gasteiger partial charge in [0, 0.05) is 0 Å². The predicted octanol–water partition coefficient (Wildman–Crippen LogP) is 5.99. The number of rotatable bonds is 18. The van der Waals surface area contributed by atoms with Crippen LogP contribution in [0.2, 0.25) is 0 Å². The fraction of sp³-hybridized carbons (Fsp3) is 1.00. The standard InChI is InChI=1S/C18H39O4P/c1-3-5-7-9-11-13-15-17-21-23(19,20)22-18-16-14-12-10-8-6-4-2/h3-18H2,1-2H3,(H,19,20)/p-1. The molecule has 140 valence electrons. The molecule has 0 heterocycles. The molecule has 0 aliphatic carbocycles. The molecule has 0 fully saturated rings. The highest BCUT2D eigenvalue weighted by Gasteiger charge is 2.08. The molecular formula is C18H38O4P-. The van der Waals surface area contributed by atoms with Crippen molar-refractivity contribution in [3.8, 4) is 0 Å². The second kappa shape index (κ2) is 17.0. The number of phosphoric acid groups is 1. The molecule has 0 unspecified atom stereocenters. The molecule has 4 nitrogen and oxygen atoms in total. The molecule has 0 aliphatic rings. The van der Waals surface area contributed by atoms with Gasteiger partial charge in [0.25, 0.3) is 7.82 Å². The zero-order valence-electron chi connectivity index (χ0n) is 15.4. The quantitative estimate of drug-likeness (QED) is 0.225. The van der Waals surface area contributed by atoms with Crippen molar-refractivity contribution >= 4 is 7.82 Å². The van der Waals surface area contributed by atoms with Crippen LogP contribution < -0.4 is 4.89 Å². The van der Waals surface area contributed by atoms with Crippen molar-refractivity contribution in [2.75, 3.05) is 13.2 Å². The van der Waals surface area contributed by atoms with E-state index in [2.05, 4.69) is 13.8 Å². The molecule has 0 rings (SSSR count). The van der Waals surface area contributed by atoms with Crippen LogP contribution in [0.15, 0.2) is 0 Å². The van der Waals surface area contributed by atoms with Gasteiger partial charge in [-0.25, -0.2) is 0 Å². The van der Waals surface area contributed by atoms with Gasteiger partial charge in [-0.2, -0.15) is 0 Å². The molecule has 0 bridgehead atoms. The third-order valence-electron chi connectivity index (χ3n) is 3.99. The summed E-state index contributed by atoms with van der Waals surface area (Å²) >= 11 is 0. The number of hydrogen-bond donors (Lipinski definition) is 0. The first-order valence-corrected chi connectivity index (χ1v) is 11.2. The highest BCUT2D eigenvalue weighted by Crippen LogP contribution is 2.38. The van der Waals surface area contributed by atoms with Crippen LogP contribution in [0.5, 0.6) is 0 Å². The SMILES string of the molecule is CCCCCCCCCOP(=O)([O-])OCCCCCCCCC. The zero-order valence-corrected chi connectivity index (χ0v) is 16.3. The normalized spacial score (nSPS) is 12.0. The topological polar surface area (TPSA) is 58.6 Å². The lowest BCUT2D eigenvalue weighted by molar-refractivity contribution is -0.225. The third-order valence-corrected chi connectivity index (χ3v) is 4.99. The Morgan fingerprint density at radius 3 is 1.26 bits per heavy atom. The largest absolute Gasteiger partial charge is 0.756 e. The summed E-state index contributed by atoms with van der Waals surface area (Å²) in [5.41, 5.74) is 0. The molecule has 23 heavy (non-hydrogen) atoms. The maximum atomic E-state index is 11.6. The van der Waals surface area contributed by atoms with E-state index in [4.69, 9.17) is 9.05 Å². The summed E-state index contributed by atoms with van der Waals surface area (Å²) in [6, 6.07) is 0. The van der Waals surface area contributed by atoms with E-state index in [0.717, 1.165) is 38.5 Å². The van der Waals surface area contributed by atoms with Gasteiger partial charge in [-0.05, 0) is 12.8 Å². The van der Waals surface area contributed by atoms with Crippen molar-refractivity contribution in [1.82, 2.24) is 0 Å². The smallest absolute Gasteiger partial charge is 0.267 e. The molecule has 0 radical (unpaired) electrons. The lowest BCUT2D eigenvalue weighted by Gasteiger charge is -2.22. The summed E-state index contributed by atoms with van der Waals surface area (Å²) in [4.78, 5) is 11.6. The van der Waals surface area contributed by atoms with Crippen LogP contribution in [-0.4, -0.2) is 13.2 Å². The van der Waals surface area contributed by atoms with E-state index in [-0.39, 0.29) is 13.2 Å². The predicted molar refractivity (Wildman–Crippen MR) is 95.5 cm³/mol. The van der Waals surface area contributed by atoms with Gasteiger partial charge < -0.3 is 13.9 Å². The van der Waals surface area contributed by atoms with Gasteiger partial charge in [0.15, 0.2) is 0 Å². The zero-order chi connectivity index (χ0) is 17.2. The minimum atomic E-state index is -4.07. The maximum absolute atomic E-state index is 11.6. The molecule has 0 saturated carbocycles. The van der Waals surface area contributed by atoms with Crippen LogP contribution in [0.4, 0.5) is 0 Å².